The van der Waals surface area contributed by atoms with Gasteiger partial charge >= 0.3 is 0 Å². The fourth-order valence-electron chi connectivity index (χ4n) is 1.26. The van der Waals surface area contributed by atoms with Gasteiger partial charge in [0.2, 0.25) is 0 Å². The van der Waals surface area contributed by atoms with E-state index in [1.807, 2.05) is 13.0 Å². The van der Waals surface area contributed by atoms with Crippen LogP contribution in [0.15, 0.2) is 30.5 Å². The molecule has 1 atom stereocenters. The van der Waals surface area contributed by atoms with Gasteiger partial charge in [-0.2, -0.15) is 0 Å². The Morgan fingerprint density at radius 1 is 1.69 bits per heavy atom. The Morgan fingerprint density at radius 3 is 2.92 bits per heavy atom. The maximum Gasteiger partial charge on any atom is 0.0683 e. The maximum absolute atomic E-state index is 5.95. The predicted molar refractivity (Wildman–Crippen MR) is 55.4 cm³/mol. The van der Waals surface area contributed by atoms with Crippen molar-refractivity contribution in [3.8, 4) is 0 Å². The van der Waals surface area contributed by atoms with Crippen LogP contribution in [-0.2, 0) is 6.42 Å². The zero-order valence-corrected chi connectivity index (χ0v) is 8.25. The van der Waals surface area contributed by atoms with Crippen LogP contribution in [0.3, 0.4) is 0 Å². The average Bonchev–Trinajstić information content (AvgIpc) is 2.16. The molecule has 1 rings (SSSR count). The normalized spacial score (nSPS) is 12.5. The molecule has 13 heavy (non-hydrogen) atoms. The van der Waals surface area contributed by atoms with Crippen LogP contribution in [0.2, 0.25) is 0 Å². The van der Waals surface area contributed by atoms with Gasteiger partial charge in [0, 0.05) is 6.20 Å². The number of pyridine rings is 1. The van der Waals surface area contributed by atoms with E-state index in [1.165, 1.54) is 5.56 Å². The molecule has 0 aliphatic carbocycles. The molecule has 2 nitrogen and oxygen atoms in total. The number of nitrogens with two attached hydrogens (primary N) is 1. The van der Waals surface area contributed by atoms with E-state index in [1.54, 1.807) is 6.20 Å². The third-order valence-electron chi connectivity index (χ3n) is 2.13. The summed E-state index contributed by atoms with van der Waals surface area (Å²) in [7, 11) is 0. The maximum atomic E-state index is 5.95. The molecule has 0 radical (unpaired) electrons. The minimum atomic E-state index is -0.129. The highest BCUT2D eigenvalue weighted by atomic mass is 14.8. The summed E-state index contributed by atoms with van der Waals surface area (Å²) >= 11 is 0. The molecule has 1 aromatic heterocycles. The quantitative estimate of drug-likeness (QED) is 0.717. The van der Waals surface area contributed by atoms with Gasteiger partial charge in [-0.1, -0.05) is 25.1 Å². The summed E-state index contributed by atoms with van der Waals surface area (Å²) in [6.07, 6.45) is 2.74. The molecule has 1 aromatic rings. The van der Waals surface area contributed by atoms with E-state index in [0.717, 1.165) is 17.7 Å². The molecule has 0 saturated carbocycles. The summed E-state index contributed by atoms with van der Waals surface area (Å²) in [5, 5.41) is 0. The molecule has 1 unspecified atom stereocenters. The van der Waals surface area contributed by atoms with Gasteiger partial charge < -0.3 is 5.73 Å². The van der Waals surface area contributed by atoms with Crippen molar-refractivity contribution in [2.75, 3.05) is 0 Å². The van der Waals surface area contributed by atoms with Crippen molar-refractivity contribution in [3.05, 3.63) is 41.7 Å². The van der Waals surface area contributed by atoms with E-state index in [9.17, 15) is 0 Å². The van der Waals surface area contributed by atoms with Crippen LogP contribution in [0.1, 0.15) is 31.1 Å². The number of aryl methyl sites for hydroxylation is 1. The lowest BCUT2D eigenvalue weighted by atomic mass is 10.0. The summed E-state index contributed by atoms with van der Waals surface area (Å²) in [5.41, 5.74) is 9.07. The zero-order valence-electron chi connectivity index (χ0n) is 8.25. The topological polar surface area (TPSA) is 38.9 Å². The Balaban J connectivity index is 3.05. The second-order valence-corrected chi connectivity index (χ2v) is 3.23. The minimum absolute atomic E-state index is 0.129. The van der Waals surface area contributed by atoms with Gasteiger partial charge in [-0.05, 0) is 25.0 Å². The lowest BCUT2D eigenvalue weighted by Gasteiger charge is -2.13. The summed E-state index contributed by atoms with van der Waals surface area (Å²) in [6, 6.07) is 3.87. The first-order valence-corrected chi connectivity index (χ1v) is 4.51. The molecule has 0 saturated heterocycles. The summed E-state index contributed by atoms with van der Waals surface area (Å²) in [5.74, 6) is 0. The van der Waals surface area contributed by atoms with Crippen molar-refractivity contribution in [3.63, 3.8) is 0 Å². The van der Waals surface area contributed by atoms with E-state index in [-0.39, 0.29) is 6.04 Å². The molecule has 0 amide bonds. The third kappa shape index (κ3) is 2.16. The summed E-state index contributed by atoms with van der Waals surface area (Å²) in [4.78, 5) is 4.28. The van der Waals surface area contributed by atoms with E-state index >= 15 is 0 Å². The minimum Gasteiger partial charge on any atom is -0.319 e. The number of nitrogens with zero attached hydrogens (tertiary/aromatic N) is 1. The zero-order chi connectivity index (χ0) is 9.84. The van der Waals surface area contributed by atoms with Crippen LogP contribution >= 0.6 is 0 Å². The highest BCUT2D eigenvalue weighted by Crippen LogP contribution is 2.18. The highest BCUT2D eigenvalue weighted by molar-refractivity contribution is 5.27. The second kappa shape index (κ2) is 4.19. The molecule has 1 heterocycles. The Bertz CT molecular complexity index is 305. The van der Waals surface area contributed by atoms with Gasteiger partial charge in [0.15, 0.2) is 0 Å². The molecule has 0 spiro atoms. The van der Waals surface area contributed by atoms with Crippen LogP contribution in [-0.4, -0.2) is 4.98 Å². The summed E-state index contributed by atoms with van der Waals surface area (Å²) < 4.78 is 0. The smallest absolute Gasteiger partial charge is 0.0683 e. The lowest BCUT2D eigenvalue weighted by molar-refractivity contribution is 0.791. The molecule has 0 aliphatic rings. The fourth-order valence-corrected chi connectivity index (χ4v) is 1.26. The van der Waals surface area contributed by atoms with Crippen molar-refractivity contribution in [2.24, 2.45) is 5.73 Å². The van der Waals surface area contributed by atoms with E-state index in [4.69, 9.17) is 5.73 Å². The van der Waals surface area contributed by atoms with Gasteiger partial charge in [-0.25, -0.2) is 0 Å². The van der Waals surface area contributed by atoms with Crippen LogP contribution in [0.25, 0.3) is 0 Å². The highest BCUT2D eigenvalue weighted by Gasteiger charge is 2.10. The Kier molecular flexibility index (Phi) is 3.20. The Labute approximate surface area is 79.5 Å². The van der Waals surface area contributed by atoms with E-state index in [0.29, 0.717) is 0 Å². The van der Waals surface area contributed by atoms with Crippen molar-refractivity contribution in [1.29, 1.82) is 0 Å². The summed E-state index contributed by atoms with van der Waals surface area (Å²) in [6.45, 7) is 7.87. The molecule has 0 aromatic carbocycles. The molecule has 2 N–H and O–H groups in total. The van der Waals surface area contributed by atoms with E-state index < -0.39 is 0 Å². The van der Waals surface area contributed by atoms with Gasteiger partial charge in [0.1, 0.15) is 0 Å². The second-order valence-electron chi connectivity index (χ2n) is 3.23. The van der Waals surface area contributed by atoms with Crippen molar-refractivity contribution in [1.82, 2.24) is 4.98 Å². The monoisotopic (exact) mass is 176 g/mol. The third-order valence-corrected chi connectivity index (χ3v) is 2.13. The average molecular weight is 176 g/mol. The predicted octanol–water partition coefficient (Wildman–Crippen LogP) is 2.22. The Morgan fingerprint density at radius 2 is 2.38 bits per heavy atom. The number of hydrogen-bond acceptors (Lipinski definition) is 2. The van der Waals surface area contributed by atoms with Crippen LogP contribution < -0.4 is 5.73 Å². The molecule has 2 heteroatoms. The van der Waals surface area contributed by atoms with Crippen molar-refractivity contribution in [2.45, 2.75) is 26.3 Å². The first kappa shape index (κ1) is 9.93. The van der Waals surface area contributed by atoms with Crippen molar-refractivity contribution >= 4 is 0 Å². The number of aromatic nitrogens is 1. The lowest BCUT2D eigenvalue weighted by Crippen LogP contribution is -2.14. The van der Waals surface area contributed by atoms with Gasteiger partial charge in [-0.15, -0.1) is 0 Å². The van der Waals surface area contributed by atoms with Crippen LogP contribution in [0, 0.1) is 0 Å². The molecule has 0 bridgehead atoms. The van der Waals surface area contributed by atoms with Gasteiger partial charge in [0.05, 0.1) is 11.7 Å². The standard InChI is InChI=1S/C11H16N2/c1-4-9-6-5-7-13-11(9)10(12)8(2)3/h5-7,10H,2,4,12H2,1,3H3. The van der Waals surface area contributed by atoms with Crippen molar-refractivity contribution < 1.29 is 0 Å². The van der Waals surface area contributed by atoms with E-state index in [2.05, 4.69) is 24.6 Å². The van der Waals surface area contributed by atoms with Gasteiger partial charge in [-0.3, -0.25) is 4.98 Å². The van der Waals surface area contributed by atoms with Crippen LogP contribution in [0.5, 0.6) is 0 Å². The van der Waals surface area contributed by atoms with Gasteiger partial charge in [0.25, 0.3) is 0 Å². The molecular weight excluding hydrogens is 160 g/mol. The number of hydrogen-bond donors (Lipinski definition) is 1. The molecular formula is C11H16N2. The van der Waals surface area contributed by atoms with Crippen LogP contribution in [0.4, 0.5) is 0 Å². The molecule has 0 fully saturated rings. The molecule has 0 aliphatic heterocycles. The number of rotatable bonds is 3. The first-order valence-electron chi connectivity index (χ1n) is 4.51. The fraction of sp³-hybridized carbons (Fsp3) is 0.364. The largest absolute Gasteiger partial charge is 0.319 e. The molecule has 70 valence electrons. The Hall–Kier alpha value is -1.15. The first-order chi connectivity index (χ1) is 6.16. The SMILES string of the molecule is C=C(C)C(N)c1ncccc1CC.